The van der Waals surface area contributed by atoms with Crippen LogP contribution in [0.5, 0.6) is 0 Å². The molecule has 0 spiro atoms. The molecule has 1 N–H and O–H groups in total. The topological polar surface area (TPSA) is 12.0 Å². The molecule has 1 atom stereocenters. The van der Waals surface area contributed by atoms with Crippen LogP contribution in [0.2, 0.25) is 0 Å². The summed E-state index contributed by atoms with van der Waals surface area (Å²) in [6.07, 6.45) is 5.26. The lowest BCUT2D eigenvalue weighted by Crippen LogP contribution is -2.28. The van der Waals surface area contributed by atoms with Gasteiger partial charge in [0.15, 0.2) is 0 Å². The van der Waals surface area contributed by atoms with Crippen molar-refractivity contribution in [2.45, 2.75) is 38.6 Å². The Labute approximate surface area is 123 Å². The molecule has 0 aliphatic heterocycles. The van der Waals surface area contributed by atoms with Gasteiger partial charge in [-0.2, -0.15) is 0 Å². The molecule has 0 aromatic carbocycles. The molecule has 2 heterocycles. The SMILES string of the molecule is CCC1(CNC(Cc2cccs2)c2cccs2)CC1. The van der Waals surface area contributed by atoms with Crippen molar-refractivity contribution in [3.63, 3.8) is 0 Å². The lowest BCUT2D eigenvalue weighted by molar-refractivity contribution is 0.405. The van der Waals surface area contributed by atoms with E-state index in [4.69, 9.17) is 0 Å². The van der Waals surface area contributed by atoms with Crippen molar-refractivity contribution in [3.8, 4) is 0 Å². The first-order chi connectivity index (χ1) is 9.31. The summed E-state index contributed by atoms with van der Waals surface area (Å²) >= 11 is 3.74. The third-order valence-corrected chi connectivity index (χ3v) is 6.19. The minimum atomic E-state index is 0.489. The maximum absolute atomic E-state index is 3.83. The molecule has 3 rings (SSSR count). The van der Waals surface area contributed by atoms with Crippen molar-refractivity contribution >= 4 is 22.7 Å². The van der Waals surface area contributed by atoms with E-state index < -0.39 is 0 Å². The molecule has 1 nitrogen and oxygen atoms in total. The van der Waals surface area contributed by atoms with Crippen LogP contribution in [-0.2, 0) is 6.42 Å². The van der Waals surface area contributed by atoms with E-state index in [1.807, 2.05) is 22.7 Å². The lowest BCUT2D eigenvalue weighted by atomic mass is 10.0. The monoisotopic (exact) mass is 291 g/mol. The van der Waals surface area contributed by atoms with Gasteiger partial charge in [0.2, 0.25) is 0 Å². The maximum Gasteiger partial charge on any atom is 0.0463 e. The highest BCUT2D eigenvalue weighted by Gasteiger charge is 2.40. The first kappa shape index (κ1) is 13.3. The fourth-order valence-corrected chi connectivity index (χ4v) is 4.12. The molecule has 0 bridgehead atoms. The van der Waals surface area contributed by atoms with Crippen LogP contribution in [0, 0.1) is 5.41 Å². The van der Waals surface area contributed by atoms with Crippen LogP contribution in [0.1, 0.15) is 42.0 Å². The van der Waals surface area contributed by atoms with Gasteiger partial charge in [-0.05, 0) is 47.6 Å². The van der Waals surface area contributed by atoms with E-state index in [9.17, 15) is 0 Å². The molecule has 102 valence electrons. The van der Waals surface area contributed by atoms with E-state index in [0.717, 1.165) is 6.42 Å². The Balaban J connectivity index is 1.66. The highest BCUT2D eigenvalue weighted by atomic mass is 32.1. The molecule has 1 unspecified atom stereocenters. The molecule has 3 heteroatoms. The largest absolute Gasteiger partial charge is 0.308 e. The molecule has 2 aromatic heterocycles. The zero-order valence-corrected chi connectivity index (χ0v) is 13.0. The number of rotatable bonds is 7. The smallest absolute Gasteiger partial charge is 0.0463 e. The van der Waals surface area contributed by atoms with E-state index in [1.54, 1.807) is 0 Å². The highest BCUT2D eigenvalue weighted by molar-refractivity contribution is 7.10. The third-order valence-electron chi connectivity index (χ3n) is 4.30. The Morgan fingerprint density at radius 3 is 2.58 bits per heavy atom. The summed E-state index contributed by atoms with van der Waals surface area (Å²) in [5.41, 5.74) is 0.616. The summed E-state index contributed by atoms with van der Waals surface area (Å²) < 4.78 is 0. The van der Waals surface area contributed by atoms with Gasteiger partial charge in [0.05, 0.1) is 0 Å². The van der Waals surface area contributed by atoms with E-state index in [0.29, 0.717) is 11.5 Å². The average Bonchev–Trinajstić information content (AvgIpc) is 2.88. The van der Waals surface area contributed by atoms with Crippen molar-refractivity contribution in [3.05, 3.63) is 44.8 Å². The Hall–Kier alpha value is -0.640. The Kier molecular flexibility index (Phi) is 4.06. The minimum Gasteiger partial charge on any atom is -0.308 e. The molecule has 0 radical (unpaired) electrons. The van der Waals surface area contributed by atoms with Gasteiger partial charge in [-0.15, -0.1) is 22.7 Å². The maximum atomic E-state index is 3.83. The van der Waals surface area contributed by atoms with E-state index in [1.165, 1.54) is 35.6 Å². The van der Waals surface area contributed by atoms with Crippen LogP contribution in [0.15, 0.2) is 35.0 Å². The molecule has 0 amide bonds. The summed E-state index contributed by atoms with van der Waals surface area (Å²) in [6.45, 7) is 3.51. The molecule has 2 aromatic rings. The van der Waals surface area contributed by atoms with Crippen molar-refractivity contribution in [1.82, 2.24) is 5.32 Å². The number of nitrogens with one attached hydrogen (secondary N) is 1. The molecule has 19 heavy (non-hydrogen) atoms. The van der Waals surface area contributed by atoms with Crippen LogP contribution in [0.3, 0.4) is 0 Å². The van der Waals surface area contributed by atoms with Crippen molar-refractivity contribution < 1.29 is 0 Å². The molecule has 1 fully saturated rings. The second-order valence-corrected chi connectivity index (χ2v) is 7.60. The first-order valence-corrected chi connectivity index (χ1v) is 8.86. The first-order valence-electron chi connectivity index (χ1n) is 7.10. The van der Waals surface area contributed by atoms with Gasteiger partial charge in [0.1, 0.15) is 0 Å². The Morgan fingerprint density at radius 1 is 1.21 bits per heavy atom. The predicted molar refractivity (Wildman–Crippen MR) is 85.0 cm³/mol. The zero-order chi connectivity index (χ0) is 13.1. The summed E-state index contributed by atoms with van der Waals surface area (Å²) in [4.78, 5) is 2.95. The number of hydrogen-bond donors (Lipinski definition) is 1. The van der Waals surface area contributed by atoms with Gasteiger partial charge in [-0.25, -0.2) is 0 Å². The van der Waals surface area contributed by atoms with Crippen LogP contribution in [0.25, 0.3) is 0 Å². The van der Waals surface area contributed by atoms with Gasteiger partial charge in [-0.3, -0.25) is 0 Å². The Morgan fingerprint density at radius 2 is 2.00 bits per heavy atom. The summed E-state index contributed by atoms with van der Waals surface area (Å²) in [6, 6.07) is 9.32. The minimum absolute atomic E-state index is 0.489. The molecule has 0 saturated heterocycles. The fraction of sp³-hybridized carbons (Fsp3) is 0.500. The highest BCUT2D eigenvalue weighted by Crippen LogP contribution is 2.48. The molecule has 1 saturated carbocycles. The second kappa shape index (κ2) is 5.78. The molecule has 1 aliphatic rings. The number of hydrogen-bond acceptors (Lipinski definition) is 3. The van der Waals surface area contributed by atoms with Gasteiger partial charge >= 0.3 is 0 Å². The van der Waals surface area contributed by atoms with Crippen LogP contribution in [-0.4, -0.2) is 6.54 Å². The van der Waals surface area contributed by atoms with Crippen molar-refractivity contribution in [2.24, 2.45) is 5.41 Å². The molecular formula is C16H21NS2. The van der Waals surface area contributed by atoms with E-state index in [2.05, 4.69) is 47.3 Å². The van der Waals surface area contributed by atoms with Gasteiger partial charge in [0.25, 0.3) is 0 Å². The normalized spacial score (nSPS) is 18.4. The molecule has 1 aliphatic carbocycles. The second-order valence-electron chi connectivity index (χ2n) is 5.59. The van der Waals surface area contributed by atoms with E-state index in [-0.39, 0.29) is 0 Å². The van der Waals surface area contributed by atoms with Gasteiger partial charge < -0.3 is 5.32 Å². The standard InChI is InChI=1S/C16H21NS2/c1-2-16(7-8-16)12-17-14(15-6-4-10-19-15)11-13-5-3-9-18-13/h3-6,9-10,14,17H,2,7-8,11-12H2,1H3. The van der Waals surface area contributed by atoms with E-state index >= 15 is 0 Å². The Bertz CT molecular complexity index is 483. The fourth-order valence-electron chi connectivity index (χ4n) is 2.56. The van der Waals surface area contributed by atoms with Gasteiger partial charge in [0, 0.05) is 28.8 Å². The van der Waals surface area contributed by atoms with Crippen molar-refractivity contribution in [1.29, 1.82) is 0 Å². The van der Waals surface area contributed by atoms with Crippen molar-refractivity contribution in [2.75, 3.05) is 6.54 Å². The summed E-state index contributed by atoms with van der Waals surface area (Å²) in [7, 11) is 0. The quantitative estimate of drug-likeness (QED) is 0.767. The van der Waals surface area contributed by atoms with Crippen LogP contribution < -0.4 is 5.32 Å². The summed E-state index contributed by atoms with van der Waals surface area (Å²) in [5.74, 6) is 0. The third kappa shape index (κ3) is 3.28. The predicted octanol–water partition coefficient (Wildman–Crippen LogP) is 4.87. The average molecular weight is 291 g/mol. The summed E-state index contributed by atoms with van der Waals surface area (Å²) in [5, 5.41) is 8.19. The lowest BCUT2D eigenvalue weighted by Gasteiger charge is -2.21. The number of thiophene rings is 2. The zero-order valence-electron chi connectivity index (χ0n) is 11.4. The van der Waals surface area contributed by atoms with Gasteiger partial charge in [-0.1, -0.05) is 19.1 Å². The van der Waals surface area contributed by atoms with Crippen LogP contribution in [0.4, 0.5) is 0 Å². The molecular weight excluding hydrogens is 270 g/mol. The van der Waals surface area contributed by atoms with Crippen LogP contribution >= 0.6 is 22.7 Å².